The SMILES string of the molecule is Fc1ccc(CCCCCl)c(Br)c1. The molecule has 0 aromatic heterocycles. The van der Waals surface area contributed by atoms with Crippen molar-refractivity contribution in [1.82, 2.24) is 0 Å². The first-order chi connectivity index (χ1) is 6.24. The molecule has 1 aromatic rings. The molecule has 72 valence electrons. The topological polar surface area (TPSA) is 0 Å². The molecule has 0 unspecified atom stereocenters. The van der Waals surface area contributed by atoms with Crippen LogP contribution < -0.4 is 0 Å². The normalized spacial score (nSPS) is 10.4. The Bertz CT molecular complexity index is 276. The summed E-state index contributed by atoms with van der Waals surface area (Å²) in [5.74, 6) is 0.492. The first kappa shape index (κ1) is 11.0. The minimum Gasteiger partial charge on any atom is -0.207 e. The number of rotatable bonds is 4. The number of halogens is 3. The highest BCUT2D eigenvalue weighted by molar-refractivity contribution is 9.10. The molecule has 0 nitrogen and oxygen atoms in total. The van der Waals surface area contributed by atoms with Crippen molar-refractivity contribution >= 4 is 27.5 Å². The van der Waals surface area contributed by atoms with Crippen LogP contribution in [0.15, 0.2) is 22.7 Å². The van der Waals surface area contributed by atoms with Gasteiger partial charge < -0.3 is 0 Å². The Morgan fingerprint density at radius 3 is 2.69 bits per heavy atom. The molecular formula is C10H11BrClF. The molecule has 0 aliphatic carbocycles. The van der Waals surface area contributed by atoms with Crippen molar-refractivity contribution in [1.29, 1.82) is 0 Å². The largest absolute Gasteiger partial charge is 0.207 e. The second-order valence-corrected chi connectivity index (χ2v) is 4.11. The van der Waals surface area contributed by atoms with Crippen molar-refractivity contribution in [2.75, 3.05) is 5.88 Å². The minimum absolute atomic E-state index is 0.201. The van der Waals surface area contributed by atoms with Crippen LogP contribution in [0.25, 0.3) is 0 Å². The van der Waals surface area contributed by atoms with Gasteiger partial charge in [-0.1, -0.05) is 22.0 Å². The number of benzene rings is 1. The second kappa shape index (κ2) is 5.61. The van der Waals surface area contributed by atoms with Gasteiger partial charge in [0.25, 0.3) is 0 Å². The summed E-state index contributed by atoms with van der Waals surface area (Å²) in [5, 5.41) is 0. The zero-order valence-electron chi connectivity index (χ0n) is 7.19. The summed E-state index contributed by atoms with van der Waals surface area (Å²) in [6.07, 6.45) is 3.01. The van der Waals surface area contributed by atoms with E-state index in [2.05, 4.69) is 15.9 Å². The van der Waals surface area contributed by atoms with Gasteiger partial charge in [-0.25, -0.2) is 4.39 Å². The second-order valence-electron chi connectivity index (χ2n) is 2.88. The average molecular weight is 266 g/mol. The average Bonchev–Trinajstić information content (AvgIpc) is 2.09. The van der Waals surface area contributed by atoms with E-state index in [0.29, 0.717) is 5.88 Å². The van der Waals surface area contributed by atoms with E-state index in [9.17, 15) is 4.39 Å². The van der Waals surface area contributed by atoms with Crippen LogP contribution in [0.3, 0.4) is 0 Å². The smallest absolute Gasteiger partial charge is 0.124 e. The van der Waals surface area contributed by atoms with E-state index in [1.165, 1.54) is 12.1 Å². The van der Waals surface area contributed by atoms with Gasteiger partial charge in [0.1, 0.15) is 5.82 Å². The molecule has 0 aliphatic rings. The zero-order chi connectivity index (χ0) is 9.68. The maximum absolute atomic E-state index is 12.7. The quantitative estimate of drug-likeness (QED) is 0.567. The van der Waals surface area contributed by atoms with E-state index in [4.69, 9.17) is 11.6 Å². The highest BCUT2D eigenvalue weighted by atomic mass is 79.9. The molecule has 0 bridgehead atoms. The zero-order valence-corrected chi connectivity index (χ0v) is 9.54. The third-order valence-corrected chi connectivity index (χ3v) is 2.85. The van der Waals surface area contributed by atoms with Crippen molar-refractivity contribution in [2.45, 2.75) is 19.3 Å². The van der Waals surface area contributed by atoms with Crippen molar-refractivity contribution in [3.8, 4) is 0 Å². The molecule has 0 N–H and O–H groups in total. The van der Waals surface area contributed by atoms with Crippen molar-refractivity contribution < 1.29 is 4.39 Å². The van der Waals surface area contributed by atoms with Gasteiger partial charge in [-0.15, -0.1) is 11.6 Å². The fraction of sp³-hybridized carbons (Fsp3) is 0.400. The summed E-state index contributed by atoms with van der Waals surface area (Å²) in [7, 11) is 0. The molecule has 0 atom stereocenters. The van der Waals surface area contributed by atoms with Crippen molar-refractivity contribution in [2.24, 2.45) is 0 Å². The Hall–Kier alpha value is -0.0800. The number of hydrogen-bond donors (Lipinski definition) is 0. The molecular weight excluding hydrogens is 254 g/mol. The molecule has 13 heavy (non-hydrogen) atoms. The Morgan fingerprint density at radius 2 is 2.08 bits per heavy atom. The molecule has 0 amide bonds. The maximum Gasteiger partial charge on any atom is 0.124 e. The van der Waals surface area contributed by atoms with E-state index in [0.717, 1.165) is 29.3 Å². The van der Waals surface area contributed by atoms with E-state index >= 15 is 0 Å². The summed E-state index contributed by atoms with van der Waals surface area (Å²) in [4.78, 5) is 0. The molecule has 0 heterocycles. The first-order valence-electron chi connectivity index (χ1n) is 4.24. The van der Waals surface area contributed by atoms with Crippen LogP contribution in [0, 0.1) is 5.82 Å². The van der Waals surface area contributed by atoms with Crippen LogP contribution in [0.4, 0.5) is 4.39 Å². The van der Waals surface area contributed by atoms with Crippen LogP contribution >= 0.6 is 27.5 Å². The van der Waals surface area contributed by atoms with Gasteiger partial charge in [0.05, 0.1) is 0 Å². The summed E-state index contributed by atoms with van der Waals surface area (Å²) in [5.41, 5.74) is 1.14. The summed E-state index contributed by atoms with van der Waals surface area (Å²) < 4.78 is 13.5. The molecule has 0 saturated carbocycles. The lowest BCUT2D eigenvalue weighted by atomic mass is 10.1. The molecule has 0 radical (unpaired) electrons. The first-order valence-corrected chi connectivity index (χ1v) is 5.56. The molecule has 0 fully saturated rings. The van der Waals surface area contributed by atoms with Gasteiger partial charge in [0.15, 0.2) is 0 Å². The van der Waals surface area contributed by atoms with Gasteiger partial charge in [-0.2, -0.15) is 0 Å². The molecule has 0 saturated heterocycles. The van der Waals surface area contributed by atoms with Crippen molar-refractivity contribution in [3.63, 3.8) is 0 Å². The fourth-order valence-corrected chi connectivity index (χ4v) is 1.87. The molecule has 3 heteroatoms. The van der Waals surface area contributed by atoms with E-state index < -0.39 is 0 Å². The standard InChI is InChI=1S/C10H11BrClF/c11-10-7-9(13)5-4-8(10)3-1-2-6-12/h4-5,7H,1-3,6H2. The van der Waals surface area contributed by atoms with Gasteiger partial charge in [-0.05, 0) is 37.0 Å². The summed E-state index contributed by atoms with van der Waals surface area (Å²) in [6.45, 7) is 0. The van der Waals surface area contributed by atoms with Gasteiger partial charge >= 0.3 is 0 Å². The third-order valence-electron chi connectivity index (χ3n) is 1.84. The fourth-order valence-electron chi connectivity index (χ4n) is 1.13. The monoisotopic (exact) mass is 264 g/mol. The van der Waals surface area contributed by atoms with Crippen LogP contribution in [0.5, 0.6) is 0 Å². The van der Waals surface area contributed by atoms with Crippen LogP contribution in [0.2, 0.25) is 0 Å². The predicted octanol–water partition coefficient (Wildman–Crippen LogP) is 4.15. The Balaban J connectivity index is 2.56. The Labute approximate surface area is 91.2 Å². The summed E-state index contributed by atoms with van der Waals surface area (Å²) in [6, 6.07) is 4.80. The van der Waals surface area contributed by atoms with Crippen molar-refractivity contribution in [3.05, 3.63) is 34.1 Å². The van der Waals surface area contributed by atoms with E-state index in [1.54, 1.807) is 0 Å². The number of unbranched alkanes of at least 4 members (excludes halogenated alkanes) is 1. The van der Waals surface area contributed by atoms with Gasteiger partial charge in [-0.3, -0.25) is 0 Å². The van der Waals surface area contributed by atoms with E-state index in [-0.39, 0.29) is 5.82 Å². The van der Waals surface area contributed by atoms with Crippen LogP contribution in [0.1, 0.15) is 18.4 Å². The highest BCUT2D eigenvalue weighted by Gasteiger charge is 2.00. The Morgan fingerprint density at radius 1 is 1.31 bits per heavy atom. The number of aryl methyl sites for hydroxylation is 1. The molecule has 0 aliphatic heterocycles. The predicted molar refractivity (Wildman–Crippen MR) is 57.8 cm³/mol. The van der Waals surface area contributed by atoms with Gasteiger partial charge in [0.2, 0.25) is 0 Å². The van der Waals surface area contributed by atoms with Gasteiger partial charge in [0, 0.05) is 10.4 Å². The molecule has 0 spiro atoms. The Kier molecular flexibility index (Phi) is 4.74. The maximum atomic E-state index is 12.7. The lowest BCUT2D eigenvalue weighted by Gasteiger charge is -2.03. The lowest BCUT2D eigenvalue weighted by molar-refractivity contribution is 0.625. The summed E-state index contributed by atoms with van der Waals surface area (Å²) >= 11 is 8.89. The molecule has 1 aromatic carbocycles. The lowest BCUT2D eigenvalue weighted by Crippen LogP contribution is -1.89. The van der Waals surface area contributed by atoms with Crippen LogP contribution in [-0.4, -0.2) is 5.88 Å². The third kappa shape index (κ3) is 3.65. The van der Waals surface area contributed by atoms with E-state index in [1.807, 2.05) is 6.07 Å². The highest BCUT2D eigenvalue weighted by Crippen LogP contribution is 2.19. The molecule has 1 rings (SSSR count). The number of hydrogen-bond acceptors (Lipinski definition) is 0. The minimum atomic E-state index is -0.201. The van der Waals surface area contributed by atoms with Crippen LogP contribution in [-0.2, 0) is 6.42 Å². The number of alkyl halides is 1.